The minimum Gasteiger partial charge on any atom is -0.359 e. The summed E-state index contributed by atoms with van der Waals surface area (Å²) in [5.74, 6) is 0.507. The van der Waals surface area contributed by atoms with E-state index in [0.717, 1.165) is 33.4 Å². The number of aryl methyl sites for hydroxylation is 2. The summed E-state index contributed by atoms with van der Waals surface area (Å²) in [5.41, 5.74) is 6.58. The molecule has 1 N–H and O–H groups in total. The van der Waals surface area contributed by atoms with Gasteiger partial charge in [0.25, 0.3) is 5.91 Å². The van der Waals surface area contributed by atoms with E-state index in [-0.39, 0.29) is 12.5 Å². The van der Waals surface area contributed by atoms with Crippen molar-refractivity contribution in [1.82, 2.24) is 15.5 Å². The molecule has 128 valence electrons. The first-order valence-electron chi connectivity index (χ1n) is 8.19. The largest absolute Gasteiger partial charge is 0.359 e. The number of aromatic nitrogens is 2. The normalized spacial score (nSPS) is 10.7. The fourth-order valence-corrected chi connectivity index (χ4v) is 2.86. The van der Waals surface area contributed by atoms with Gasteiger partial charge in [0, 0.05) is 29.6 Å². The molecule has 0 unspecified atom stereocenters. The van der Waals surface area contributed by atoms with E-state index in [4.69, 9.17) is 4.52 Å². The number of carbonyl (C=O) groups excluding carboxylic acids is 1. The third-order valence-corrected chi connectivity index (χ3v) is 4.53. The van der Waals surface area contributed by atoms with Crippen LogP contribution in [0.3, 0.4) is 0 Å². The molecule has 2 heterocycles. The number of hydrogen-bond donors (Lipinski definition) is 1. The summed E-state index contributed by atoms with van der Waals surface area (Å²) in [4.78, 5) is 16.7. The fourth-order valence-electron chi connectivity index (χ4n) is 2.86. The van der Waals surface area contributed by atoms with Crippen molar-refractivity contribution in [3.63, 3.8) is 0 Å². The molecule has 3 aromatic rings. The molecule has 0 bridgehead atoms. The topological polar surface area (TPSA) is 68.0 Å². The van der Waals surface area contributed by atoms with Gasteiger partial charge >= 0.3 is 0 Å². The smallest absolute Gasteiger partial charge is 0.252 e. The third kappa shape index (κ3) is 3.45. The lowest BCUT2D eigenvalue weighted by atomic mass is 9.94. The molecule has 0 spiro atoms. The Morgan fingerprint density at radius 3 is 2.48 bits per heavy atom. The van der Waals surface area contributed by atoms with Gasteiger partial charge in [-0.25, -0.2) is 0 Å². The quantitative estimate of drug-likeness (QED) is 0.785. The minimum atomic E-state index is -0.0962. The molecule has 5 heteroatoms. The third-order valence-electron chi connectivity index (χ3n) is 4.53. The molecule has 0 aliphatic rings. The van der Waals surface area contributed by atoms with Gasteiger partial charge in [-0.3, -0.25) is 9.78 Å². The first kappa shape index (κ1) is 16.9. The Hall–Kier alpha value is -2.95. The highest BCUT2D eigenvalue weighted by atomic mass is 16.5. The van der Waals surface area contributed by atoms with Crippen LogP contribution in [-0.4, -0.2) is 16.0 Å². The monoisotopic (exact) mass is 335 g/mol. The molecule has 25 heavy (non-hydrogen) atoms. The average Bonchev–Trinajstić information content (AvgIpc) is 3.08. The van der Waals surface area contributed by atoms with Gasteiger partial charge in [-0.15, -0.1) is 0 Å². The maximum Gasteiger partial charge on any atom is 0.252 e. The van der Waals surface area contributed by atoms with Gasteiger partial charge in [0.1, 0.15) is 5.69 Å². The summed E-state index contributed by atoms with van der Waals surface area (Å²) < 4.78 is 5.32. The van der Waals surface area contributed by atoms with E-state index in [2.05, 4.69) is 21.5 Å². The Balaban J connectivity index is 1.75. The Bertz CT molecular complexity index is 888. The molecule has 0 radical (unpaired) electrons. The number of hydrogen-bond acceptors (Lipinski definition) is 4. The van der Waals surface area contributed by atoms with Crippen molar-refractivity contribution < 1.29 is 9.32 Å². The van der Waals surface area contributed by atoms with Crippen LogP contribution in [0, 0.1) is 27.7 Å². The number of rotatable bonds is 4. The van der Waals surface area contributed by atoms with Crippen LogP contribution in [-0.2, 0) is 6.54 Å². The molecular weight excluding hydrogens is 314 g/mol. The van der Waals surface area contributed by atoms with Gasteiger partial charge < -0.3 is 9.84 Å². The van der Waals surface area contributed by atoms with Gasteiger partial charge in [-0.1, -0.05) is 11.2 Å². The zero-order valence-electron chi connectivity index (χ0n) is 14.9. The molecule has 0 saturated carbocycles. The van der Waals surface area contributed by atoms with Crippen LogP contribution in [0.15, 0.2) is 41.2 Å². The van der Waals surface area contributed by atoms with E-state index in [1.807, 2.05) is 45.9 Å². The molecule has 0 aliphatic heterocycles. The number of benzene rings is 1. The standard InChI is InChI=1S/C20H21N3O2/c1-12-8-13(2)15(4)19(14(12)3)20(24)22-11-17-9-18(23-25-17)16-6-5-7-21-10-16/h5-10H,11H2,1-4H3,(H,22,24). The van der Waals surface area contributed by atoms with Gasteiger partial charge in [0.2, 0.25) is 0 Å². The summed E-state index contributed by atoms with van der Waals surface area (Å²) in [7, 11) is 0. The van der Waals surface area contributed by atoms with Crippen molar-refractivity contribution in [3.05, 3.63) is 70.2 Å². The van der Waals surface area contributed by atoms with Crippen molar-refractivity contribution in [3.8, 4) is 11.3 Å². The number of pyridine rings is 1. The van der Waals surface area contributed by atoms with Crippen molar-refractivity contribution in [2.24, 2.45) is 0 Å². The van der Waals surface area contributed by atoms with Crippen LogP contribution in [0.1, 0.15) is 38.4 Å². The van der Waals surface area contributed by atoms with Gasteiger partial charge in [-0.05, 0) is 62.1 Å². The maximum absolute atomic E-state index is 12.7. The van der Waals surface area contributed by atoms with Crippen LogP contribution >= 0.6 is 0 Å². The van der Waals surface area contributed by atoms with E-state index in [9.17, 15) is 4.79 Å². The minimum absolute atomic E-state index is 0.0962. The van der Waals surface area contributed by atoms with Crippen LogP contribution in [0.2, 0.25) is 0 Å². The zero-order chi connectivity index (χ0) is 18.0. The predicted octanol–water partition coefficient (Wildman–Crippen LogP) is 3.90. The van der Waals surface area contributed by atoms with Crippen molar-refractivity contribution in [2.45, 2.75) is 34.2 Å². The van der Waals surface area contributed by atoms with E-state index >= 15 is 0 Å². The lowest BCUT2D eigenvalue weighted by Gasteiger charge is -2.14. The number of amides is 1. The average molecular weight is 335 g/mol. The highest BCUT2D eigenvalue weighted by Crippen LogP contribution is 2.22. The van der Waals surface area contributed by atoms with Crippen molar-refractivity contribution >= 4 is 5.91 Å². The highest BCUT2D eigenvalue weighted by Gasteiger charge is 2.16. The SMILES string of the molecule is Cc1cc(C)c(C)c(C(=O)NCc2cc(-c3cccnc3)no2)c1C. The molecule has 1 aromatic carbocycles. The van der Waals surface area contributed by atoms with Crippen molar-refractivity contribution in [2.75, 3.05) is 0 Å². The summed E-state index contributed by atoms with van der Waals surface area (Å²) in [5, 5.41) is 6.96. The second-order valence-electron chi connectivity index (χ2n) is 6.24. The summed E-state index contributed by atoms with van der Waals surface area (Å²) in [6.45, 7) is 8.29. The van der Waals surface area contributed by atoms with Crippen LogP contribution < -0.4 is 5.32 Å². The lowest BCUT2D eigenvalue weighted by molar-refractivity contribution is 0.0945. The van der Waals surface area contributed by atoms with E-state index in [1.54, 1.807) is 12.4 Å². The molecule has 3 rings (SSSR count). The fraction of sp³-hybridized carbons (Fsp3) is 0.250. The molecule has 5 nitrogen and oxygen atoms in total. The van der Waals surface area contributed by atoms with Crippen LogP contribution in [0.25, 0.3) is 11.3 Å². The summed E-state index contributed by atoms with van der Waals surface area (Å²) in [6, 6.07) is 7.68. The maximum atomic E-state index is 12.7. The number of nitrogens with one attached hydrogen (secondary N) is 1. The molecule has 0 atom stereocenters. The predicted molar refractivity (Wildman–Crippen MR) is 96.3 cm³/mol. The Labute approximate surface area is 147 Å². The molecule has 1 amide bonds. The zero-order valence-corrected chi connectivity index (χ0v) is 14.9. The van der Waals surface area contributed by atoms with E-state index in [1.165, 1.54) is 0 Å². The summed E-state index contributed by atoms with van der Waals surface area (Å²) in [6.07, 6.45) is 3.43. The summed E-state index contributed by atoms with van der Waals surface area (Å²) >= 11 is 0. The Kier molecular flexibility index (Phi) is 4.65. The second kappa shape index (κ2) is 6.89. The van der Waals surface area contributed by atoms with Crippen LogP contribution in [0.5, 0.6) is 0 Å². The number of carbonyl (C=O) groups is 1. The number of nitrogens with zero attached hydrogens (tertiary/aromatic N) is 2. The van der Waals surface area contributed by atoms with Gasteiger partial charge in [-0.2, -0.15) is 0 Å². The van der Waals surface area contributed by atoms with Crippen molar-refractivity contribution in [1.29, 1.82) is 0 Å². The van der Waals surface area contributed by atoms with Crippen LogP contribution in [0.4, 0.5) is 0 Å². The Morgan fingerprint density at radius 1 is 1.12 bits per heavy atom. The molecule has 0 saturated heterocycles. The molecular formula is C20H21N3O2. The van der Waals surface area contributed by atoms with Gasteiger partial charge in [0.05, 0.1) is 6.54 Å². The first-order chi connectivity index (χ1) is 12.0. The lowest BCUT2D eigenvalue weighted by Crippen LogP contribution is -2.25. The van der Waals surface area contributed by atoms with Gasteiger partial charge in [0.15, 0.2) is 5.76 Å². The van der Waals surface area contributed by atoms with E-state index < -0.39 is 0 Å². The highest BCUT2D eigenvalue weighted by molar-refractivity contribution is 5.97. The second-order valence-corrected chi connectivity index (χ2v) is 6.24. The molecule has 0 aliphatic carbocycles. The van der Waals surface area contributed by atoms with E-state index in [0.29, 0.717) is 11.5 Å². The first-order valence-corrected chi connectivity index (χ1v) is 8.19. The molecule has 2 aromatic heterocycles. The molecule has 0 fully saturated rings. The Morgan fingerprint density at radius 2 is 1.84 bits per heavy atom.